The first-order chi connectivity index (χ1) is 12.7. The van der Waals surface area contributed by atoms with E-state index in [0.29, 0.717) is 50.1 Å². The average Bonchev–Trinajstić information content (AvgIpc) is 3.07. The first kappa shape index (κ1) is 17.0. The van der Waals surface area contributed by atoms with E-state index in [9.17, 15) is 9.18 Å². The Morgan fingerprint density at radius 3 is 2.85 bits per heavy atom. The molecule has 0 saturated carbocycles. The fraction of sp³-hybridized carbons (Fsp3) is 0.444. The molecule has 4 rings (SSSR count). The maximum absolute atomic E-state index is 13.2. The van der Waals surface area contributed by atoms with Crippen LogP contribution >= 0.6 is 0 Å². The first-order valence-electron chi connectivity index (χ1n) is 8.64. The number of amides is 1. The zero-order valence-electron chi connectivity index (χ0n) is 14.3. The standard InChI is InChI=1S/C18H20FN3O4/c19-13-2-1-3-14(8-13)25-16-11-22(12-16)18(23)17-9-15(26-20-17)10-21-4-6-24-7-5-21/h1-3,8-9,16H,4-7,10-12H2. The molecule has 138 valence electrons. The summed E-state index contributed by atoms with van der Waals surface area (Å²) >= 11 is 0. The maximum atomic E-state index is 13.2. The second-order valence-corrected chi connectivity index (χ2v) is 6.47. The lowest BCUT2D eigenvalue weighted by molar-refractivity contribution is 0.0169. The third-order valence-corrected chi connectivity index (χ3v) is 4.50. The Morgan fingerprint density at radius 1 is 1.27 bits per heavy atom. The van der Waals surface area contributed by atoms with E-state index < -0.39 is 0 Å². The van der Waals surface area contributed by atoms with Crippen molar-refractivity contribution in [3.8, 4) is 5.75 Å². The average molecular weight is 361 g/mol. The van der Waals surface area contributed by atoms with Gasteiger partial charge in [0.25, 0.3) is 5.91 Å². The number of halogens is 1. The Bertz CT molecular complexity index is 769. The highest BCUT2D eigenvalue weighted by atomic mass is 19.1. The molecule has 2 aliphatic heterocycles. The van der Waals surface area contributed by atoms with E-state index in [2.05, 4.69) is 10.1 Å². The molecule has 8 heteroatoms. The molecule has 0 N–H and O–H groups in total. The number of morpholine rings is 1. The van der Waals surface area contributed by atoms with Gasteiger partial charge in [0.05, 0.1) is 32.8 Å². The normalized spacial score (nSPS) is 18.6. The molecule has 2 aliphatic rings. The van der Waals surface area contributed by atoms with Gasteiger partial charge in [0.1, 0.15) is 17.7 Å². The number of aromatic nitrogens is 1. The lowest BCUT2D eigenvalue weighted by atomic mass is 10.1. The summed E-state index contributed by atoms with van der Waals surface area (Å²) in [6.45, 7) is 4.61. The van der Waals surface area contributed by atoms with E-state index in [0.717, 1.165) is 13.1 Å². The zero-order chi connectivity index (χ0) is 17.9. The summed E-state index contributed by atoms with van der Waals surface area (Å²) in [4.78, 5) is 16.3. The Hall–Kier alpha value is -2.45. The summed E-state index contributed by atoms with van der Waals surface area (Å²) in [5, 5.41) is 3.89. The highest BCUT2D eigenvalue weighted by Crippen LogP contribution is 2.21. The predicted octanol–water partition coefficient (Wildman–Crippen LogP) is 1.55. The van der Waals surface area contributed by atoms with Crippen molar-refractivity contribution in [3.05, 3.63) is 47.6 Å². The van der Waals surface area contributed by atoms with Crippen LogP contribution in [0.1, 0.15) is 16.2 Å². The SMILES string of the molecule is O=C(c1cc(CN2CCOCC2)on1)N1CC(Oc2cccc(F)c2)C1. The molecule has 1 aromatic heterocycles. The maximum Gasteiger partial charge on any atom is 0.276 e. The summed E-state index contributed by atoms with van der Waals surface area (Å²) in [5.41, 5.74) is 0.303. The predicted molar refractivity (Wildman–Crippen MR) is 89.3 cm³/mol. The summed E-state index contributed by atoms with van der Waals surface area (Å²) in [5.74, 6) is 0.617. The smallest absolute Gasteiger partial charge is 0.276 e. The molecule has 2 fully saturated rings. The number of carbonyl (C=O) groups excluding carboxylic acids is 1. The second-order valence-electron chi connectivity index (χ2n) is 6.47. The number of nitrogens with zero attached hydrogens (tertiary/aromatic N) is 3. The summed E-state index contributed by atoms with van der Waals surface area (Å²) in [6, 6.07) is 7.68. The fourth-order valence-corrected chi connectivity index (χ4v) is 3.04. The van der Waals surface area contributed by atoms with E-state index in [1.165, 1.54) is 12.1 Å². The number of hydrogen-bond acceptors (Lipinski definition) is 6. The molecule has 7 nitrogen and oxygen atoms in total. The number of likely N-dealkylation sites (tertiary alicyclic amines) is 1. The van der Waals surface area contributed by atoms with Crippen LogP contribution in [-0.4, -0.2) is 66.4 Å². The lowest BCUT2D eigenvalue weighted by Gasteiger charge is -2.38. The monoisotopic (exact) mass is 361 g/mol. The van der Waals surface area contributed by atoms with Crippen LogP contribution in [-0.2, 0) is 11.3 Å². The number of benzene rings is 1. The number of ether oxygens (including phenoxy) is 2. The van der Waals surface area contributed by atoms with Crippen molar-refractivity contribution in [1.29, 1.82) is 0 Å². The minimum absolute atomic E-state index is 0.138. The van der Waals surface area contributed by atoms with E-state index in [4.69, 9.17) is 14.0 Å². The molecule has 3 heterocycles. The lowest BCUT2D eigenvalue weighted by Crippen LogP contribution is -2.56. The molecular weight excluding hydrogens is 341 g/mol. The molecular formula is C18H20FN3O4. The number of carbonyl (C=O) groups is 1. The van der Waals surface area contributed by atoms with Crippen LogP contribution in [0, 0.1) is 5.82 Å². The molecule has 2 aromatic rings. The number of rotatable bonds is 5. The van der Waals surface area contributed by atoms with E-state index in [1.807, 2.05) is 0 Å². The van der Waals surface area contributed by atoms with E-state index in [-0.39, 0.29) is 17.8 Å². The molecule has 0 spiro atoms. The van der Waals surface area contributed by atoms with Gasteiger partial charge in [0, 0.05) is 25.2 Å². The first-order valence-corrected chi connectivity index (χ1v) is 8.64. The molecule has 2 saturated heterocycles. The molecule has 0 bridgehead atoms. The van der Waals surface area contributed by atoms with Crippen molar-refractivity contribution < 1.29 is 23.2 Å². The van der Waals surface area contributed by atoms with Crippen molar-refractivity contribution in [2.75, 3.05) is 39.4 Å². The molecule has 0 radical (unpaired) electrons. The summed E-state index contributed by atoms with van der Waals surface area (Å²) < 4.78 is 29.4. The van der Waals surface area contributed by atoms with E-state index in [1.54, 1.807) is 23.1 Å². The van der Waals surface area contributed by atoms with Gasteiger partial charge in [0.2, 0.25) is 0 Å². The van der Waals surface area contributed by atoms with Gasteiger partial charge in [0.15, 0.2) is 11.5 Å². The van der Waals surface area contributed by atoms with Crippen molar-refractivity contribution >= 4 is 5.91 Å². The van der Waals surface area contributed by atoms with Gasteiger partial charge in [-0.3, -0.25) is 9.69 Å². The molecule has 0 unspecified atom stereocenters. The van der Waals surface area contributed by atoms with Crippen molar-refractivity contribution in [3.63, 3.8) is 0 Å². The quantitative estimate of drug-likeness (QED) is 0.805. The van der Waals surface area contributed by atoms with Crippen molar-refractivity contribution in [2.24, 2.45) is 0 Å². The van der Waals surface area contributed by atoms with Gasteiger partial charge in [-0.15, -0.1) is 0 Å². The number of hydrogen-bond donors (Lipinski definition) is 0. The van der Waals surface area contributed by atoms with Crippen LogP contribution in [0.3, 0.4) is 0 Å². The topological polar surface area (TPSA) is 68.0 Å². The van der Waals surface area contributed by atoms with Gasteiger partial charge in [-0.1, -0.05) is 11.2 Å². The largest absolute Gasteiger partial charge is 0.487 e. The van der Waals surface area contributed by atoms with Crippen LogP contribution in [0.5, 0.6) is 5.75 Å². The third-order valence-electron chi connectivity index (χ3n) is 4.50. The van der Waals surface area contributed by atoms with Gasteiger partial charge >= 0.3 is 0 Å². The molecule has 0 atom stereocenters. The zero-order valence-corrected chi connectivity index (χ0v) is 14.3. The van der Waals surface area contributed by atoms with Crippen molar-refractivity contribution in [2.45, 2.75) is 12.6 Å². The summed E-state index contributed by atoms with van der Waals surface area (Å²) in [6.07, 6.45) is -0.138. The van der Waals surface area contributed by atoms with Crippen LogP contribution in [0.15, 0.2) is 34.9 Å². The van der Waals surface area contributed by atoms with Crippen LogP contribution in [0.4, 0.5) is 4.39 Å². The fourth-order valence-electron chi connectivity index (χ4n) is 3.04. The van der Waals surface area contributed by atoms with Gasteiger partial charge in [-0.05, 0) is 12.1 Å². The molecule has 1 amide bonds. The second kappa shape index (κ2) is 7.43. The minimum Gasteiger partial charge on any atom is -0.487 e. The Morgan fingerprint density at radius 2 is 2.08 bits per heavy atom. The summed E-state index contributed by atoms with van der Waals surface area (Å²) in [7, 11) is 0. The van der Waals surface area contributed by atoms with Gasteiger partial charge in [-0.2, -0.15) is 0 Å². The molecule has 1 aromatic carbocycles. The highest BCUT2D eigenvalue weighted by Gasteiger charge is 2.34. The van der Waals surface area contributed by atoms with Crippen LogP contribution in [0.2, 0.25) is 0 Å². The van der Waals surface area contributed by atoms with Crippen molar-refractivity contribution in [1.82, 2.24) is 15.0 Å². The highest BCUT2D eigenvalue weighted by molar-refractivity contribution is 5.92. The Labute approximate surface area is 150 Å². The van der Waals surface area contributed by atoms with Crippen LogP contribution in [0.25, 0.3) is 0 Å². The Kier molecular flexibility index (Phi) is 4.85. The molecule has 0 aliphatic carbocycles. The van der Waals surface area contributed by atoms with Gasteiger partial charge < -0.3 is 18.9 Å². The van der Waals surface area contributed by atoms with Crippen LogP contribution < -0.4 is 4.74 Å². The van der Waals surface area contributed by atoms with E-state index >= 15 is 0 Å². The van der Waals surface area contributed by atoms with Gasteiger partial charge in [-0.25, -0.2) is 4.39 Å². The third kappa shape index (κ3) is 3.86. The Balaban J connectivity index is 1.28. The minimum atomic E-state index is -0.342. The molecule has 26 heavy (non-hydrogen) atoms.